The first-order chi connectivity index (χ1) is 11.0. The third-order valence-corrected chi connectivity index (χ3v) is 4.99. The lowest BCUT2D eigenvalue weighted by molar-refractivity contribution is 0.00578. The van der Waals surface area contributed by atoms with Crippen LogP contribution in [-0.4, -0.2) is 26.7 Å². The molecule has 2 aromatic rings. The average molecular weight is 352 g/mol. The Balaban J connectivity index is 2.10. The molecular weight excluding hydrogens is 334 g/mol. The zero-order chi connectivity index (χ0) is 17.8. The minimum atomic E-state index is -5.10. The van der Waals surface area contributed by atoms with Crippen LogP contribution >= 0.6 is 0 Å². The lowest BCUT2D eigenvalue weighted by atomic mass is 9.76. The van der Waals surface area contributed by atoms with Gasteiger partial charge in [0.25, 0.3) is 0 Å². The second-order valence-electron chi connectivity index (χ2n) is 6.76. The summed E-state index contributed by atoms with van der Waals surface area (Å²) < 4.78 is 51.1. The molecule has 24 heavy (non-hydrogen) atoms. The average Bonchev–Trinajstić information content (AvgIpc) is 2.66. The van der Waals surface area contributed by atoms with Crippen LogP contribution in [0, 0.1) is 0 Å². The number of hydrogen-bond donors (Lipinski definition) is 0. The molecule has 1 saturated heterocycles. The van der Waals surface area contributed by atoms with Gasteiger partial charge in [0, 0.05) is 5.39 Å². The van der Waals surface area contributed by atoms with E-state index in [0.717, 1.165) is 5.46 Å². The minimum absolute atomic E-state index is 0.0756. The summed E-state index contributed by atoms with van der Waals surface area (Å²) in [6.45, 7) is 7.79. The van der Waals surface area contributed by atoms with Crippen molar-refractivity contribution in [1.82, 2.24) is 0 Å². The van der Waals surface area contributed by atoms with Crippen LogP contribution in [0.15, 0.2) is 36.4 Å². The molecule has 5 nitrogen and oxygen atoms in total. The normalized spacial score (nSPS) is 19.6. The lowest BCUT2D eigenvalue weighted by Crippen LogP contribution is -2.41. The molecule has 1 heterocycles. The van der Waals surface area contributed by atoms with E-state index in [-0.39, 0.29) is 5.75 Å². The summed E-state index contributed by atoms with van der Waals surface area (Å²) in [5.41, 5.74) is -0.278. The van der Waals surface area contributed by atoms with E-state index in [2.05, 4.69) is 4.18 Å². The second kappa shape index (κ2) is 5.44. The van der Waals surface area contributed by atoms with Crippen molar-refractivity contribution < 1.29 is 25.8 Å². The van der Waals surface area contributed by atoms with E-state index >= 15 is 0 Å². The van der Waals surface area contributed by atoms with Crippen molar-refractivity contribution in [3.05, 3.63) is 36.4 Å². The van der Waals surface area contributed by atoms with Crippen LogP contribution in [0.3, 0.4) is 0 Å². The summed E-state index contributed by atoms with van der Waals surface area (Å²) >= 11 is 0. The molecule has 2 aromatic carbocycles. The molecule has 8 heteroatoms. The van der Waals surface area contributed by atoms with Gasteiger partial charge in [-0.05, 0) is 44.6 Å². The number of rotatable bonds is 3. The Labute approximate surface area is 141 Å². The van der Waals surface area contributed by atoms with Gasteiger partial charge in [0.2, 0.25) is 0 Å². The standard InChI is InChI=1S/C16H18BFO5S/c1-15(2)16(3,4)23-17(22-15)13-9-10-14(21-24(18,19)20)12-8-6-5-7-11(12)13/h5-10H,1-4H3. The number of hydrogen-bond acceptors (Lipinski definition) is 5. The molecule has 0 radical (unpaired) electrons. The van der Waals surface area contributed by atoms with Crippen LogP contribution in [0.25, 0.3) is 10.8 Å². The molecule has 0 spiro atoms. The van der Waals surface area contributed by atoms with E-state index in [1.807, 2.05) is 27.7 Å². The molecule has 0 N–H and O–H groups in total. The first kappa shape index (κ1) is 17.2. The molecule has 0 amide bonds. The highest BCUT2D eigenvalue weighted by Gasteiger charge is 2.52. The van der Waals surface area contributed by atoms with Gasteiger partial charge in [-0.15, -0.1) is 0 Å². The summed E-state index contributed by atoms with van der Waals surface area (Å²) in [7, 11) is -5.72. The van der Waals surface area contributed by atoms with Crippen LogP contribution in [-0.2, 0) is 19.8 Å². The summed E-state index contributed by atoms with van der Waals surface area (Å²) in [4.78, 5) is 0. The van der Waals surface area contributed by atoms with Gasteiger partial charge in [-0.2, -0.15) is 8.42 Å². The quantitative estimate of drug-likeness (QED) is 0.628. The minimum Gasteiger partial charge on any atom is -0.399 e. The van der Waals surface area contributed by atoms with Gasteiger partial charge >= 0.3 is 17.6 Å². The fourth-order valence-electron chi connectivity index (χ4n) is 2.65. The third-order valence-electron chi connectivity index (χ3n) is 4.61. The van der Waals surface area contributed by atoms with Gasteiger partial charge in [0.1, 0.15) is 0 Å². The largest absolute Gasteiger partial charge is 0.495 e. The van der Waals surface area contributed by atoms with Gasteiger partial charge in [0.15, 0.2) is 5.75 Å². The van der Waals surface area contributed by atoms with Crippen molar-refractivity contribution in [2.24, 2.45) is 0 Å². The van der Waals surface area contributed by atoms with E-state index in [1.54, 1.807) is 30.3 Å². The van der Waals surface area contributed by atoms with Crippen molar-refractivity contribution in [2.75, 3.05) is 0 Å². The van der Waals surface area contributed by atoms with E-state index in [1.165, 1.54) is 6.07 Å². The van der Waals surface area contributed by atoms with E-state index in [4.69, 9.17) is 9.31 Å². The van der Waals surface area contributed by atoms with Gasteiger partial charge in [-0.25, -0.2) is 0 Å². The van der Waals surface area contributed by atoms with Crippen LogP contribution in [0.1, 0.15) is 27.7 Å². The SMILES string of the molecule is CC1(C)OB(c2ccc(OS(=O)(=O)F)c3ccccc23)OC1(C)C. The van der Waals surface area contributed by atoms with Crippen LogP contribution in [0.2, 0.25) is 0 Å². The number of fused-ring (bicyclic) bond motifs is 1. The molecule has 128 valence electrons. The van der Waals surface area contributed by atoms with Crippen molar-refractivity contribution >= 4 is 33.9 Å². The first-order valence-electron chi connectivity index (χ1n) is 7.51. The smallest absolute Gasteiger partial charge is 0.399 e. The topological polar surface area (TPSA) is 61.8 Å². The van der Waals surface area contributed by atoms with Gasteiger partial charge < -0.3 is 13.5 Å². The Morgan fingerprint density at radius 2 is 1.50 bits per heavy atom. The maximum atomic E-state index is 12.9. The Hall–Kier alpha value is -1.64. The predicted molar refractivity (Wildman–Crippen MR) is 90.3 cm³/mol. The Morgan fingerprint density at radius 3 is 2.04 bits per heavy atom. The van der Waals surface area contributed by atoms with Gasteiger partial charge in [-0.1, -0.05) is 34.2 Å². The lowest BCUT2D eigenvalue weighted by Gasteiger charge is -2.32. The van der Waals surface area contributed by atoms with Crippen LogP contribution < -0.4 is 9.65 Å². The van der Waals surface area contributed by atoms with E-state index in [0.29, 0.717) is 10.8 Å². The van der Waals surface area contributed by atoms with E-state index in [9.17, 15) is 12.3 Å². The summed E-state index contributed by atoms with van der Waals surface area (Å²) in [5.74, 6) is -0.0756. The fourth-order valence-corrected chi connectivity index (χ4v) is 3.01. The monoisotopic (exact) mass is 352 g/mol. The maximum Gasteiger partial charge on any atom is 0.495 e. The third kappa shape index (κ3) is 3.01. The molecule has 0 atom stereocenters. The summed E-state index contributed by atoms with van der Waals surface area (Å²) in [6, 6.07) is 9.99. The Morgan fingerprint density at radius 1 is 0.958 bits per heavy atom. The fraction of sp³-hybridized carbons (Fsp3) is 0.375. The van der Waals surface area contributed by atoms with Crippen molar-refractivity contribution in [3.63, 3.8) is 0 Å². The van der Waals surface area contributed by atoms with Crippen molar-refractivity contribution in [1.29, 1.82) is 0 Å². The number of halogens is 1. The molecular formula is C16H18BFO5S. The molecule has 1 fully saturated rings. The molecule has 0 saturated carbocycles. The Kier molecular flexibility index (Phi) is 3.90. The maximum absolute atomic E-state index is 12.9. The molecule has 0 unspecified atom stereocenters. The van der Waals surface area contributed by atoms with Crippen LogP contribution in [0.4, 0.5) is 3.89 Å². The summed E-state index contributed by atoms with van der Waals surface area (Å²) in [6.07, 6.45) is 0. The predicted octanol–water partition coefficient (Wildman–Crippen LogP) is 2.73. The molecule has 1 aliphatic heterocycles. The van der Waals surface area contributed by atoms with Gasteiger partial charge in [-0.3, -0.25) is 0 Å². The number of benzene rings is 2. The highest BCUT2D eigenvalue weighted by atomic mass is 32.3. The molecule has 1 aliphatic rings. The highest BCUT2D eigenvalue weighted by molar-refractivity contribution is 7.81. The molecule has 0 aliphatic carbocycles. The molecule has 3 rings (SSSR count). The van der Waals surface area contributed by atoms with E-state index < -0.39 is 28.8 Å². The first-order valence-corrected chi connectivity index (χ1v) is 8.82. The van der Waals surface area contributed by atoms with Crippen LogP contribution in [0.5, 0.6) is 5.75 Å². The zero-order valence-electron chi connectivity index (χ0n) is 13.9. The molecule has 0 bridgehead atoms. The molecule has 0 aromatic heterocycles. The second-order valence-corrected chi connectivity index (χ2v) is 7.72. The summed E-state index contributed by atoms with van der Waals surface area (Å²) in [5, 5.41) is 1.14. The highest BCUT2D eigenvalue weighted by Crippen LogP contribution is 2.37. The van der Waals surface area contributed by atoms with Gasteiger partial charge in [0.05, 0.1) is 11.2 Å². The van der Waals surface area contributed by atoms with Crippen molar-refractivity contribution in [2.45, 2.75) is 38.9 Å². The van der Waals surface area contributed by atoms with Crippen molar-refractivity contribution in [3.8, 4) is 5.75 Å². The Bertz CT molecular complexity index is 878. The zero-order valence-corrected chi connectivity index (χ0v) is 14.7.